The van der Waals surface area contributed by atoms with Crippen LogP contribution in [0.15, 0.2) is 97.4 Å². The number of unbranched alkanes of at least 4 members (excludes halogenated alkanes) is 1. The van der Waals surface area contributed by atoms with Gasteiger partial charge in [0, 0.05) is 23.7 Å². The molecule has 154 valence electrons. The van der Waals surface area contributed by atoms with Gasteiger partial charge in [0.25, 0.3) is 0 Å². The fraction of sp³-hybridized carbons (Fsp3) is 0.143. The van der Waals surface area contributed by atoms with Gasteiger partial charge in [0.05, 0.1) is 5.70 Å². The molecule has 0 aliphatic carbocycles. The maximum atomic E-state index is 10.4. The van der Waals surface area contributed by atoms with Gasteiger partial charge in [0.1, 0.15) is 11.3 Å². The molecule has 3 heteroatoms. The van der Waals surface area contributed by atoms with E-state index in [1.54, 1.807) is 12.3 Å². The Labute approximate surface area is 183 Å². The Morgan fingerprint density at radius 3 is 2.61 bits per heavy atom. The molecule has 0 spiro atoms. The van der Waals surface area contributed by atoms with E-state index in [4.69, 9.17) is 0 Å². The van der Waals surface area contributed by atoms with Crippen LogP contribution < -0.4 is 5.32 Å². The van der Waals surface area contributed by atoms with Crippen molar-refractivity contribution in [3.63, 3.8) is 0 Å². The molecule has 4 aromatic rings. The van der Waals surface area contributed by atoms with Crippen LogP contribution in [0.5, 0.6) is 5.75 Å². The van der Waals surface area contributed by atoms with E-state index >= 15 is 0 Å². The molecule has 0 saturated carbocycles. The number of aryl methyl sites for hydroxylation is 1. The van der Waals surface area contributed by atoms with Crippen molar-refractivity contribution in [3.05, 3.63) is 108 Å². The summed E-state index contributed by atoms with van der Waals surface area (Å²) in [7, 11) is 0. The van der Waals surface area contributed by atoms with Gasteiger partial charge in [-0.15, -0.1) is 5.73 Å². The van der Waals surface area contributed by atoms with Gasteiger partial charge in [-0.2, -0.15) is 0 Å². The van der Waals surface area contributed by atoms with Gasteiger partial charge in [-0.1, -0.05) is 61.2 Å². The van der Waals surface area contributed by atoms with E-state index in [1.165, 1.54) is 5.56 Å². The van der Waals surface area contributed by atoms with Crippen LogP contribution >= 0.6 is 0 Å². The Kier molecular flexibility index (Phi) is 6.47. The van der Waals surface area contributed by atoms with Gasteiger partial charge in [-0.25, -0.2) is 0 Å². The molecule has 0 aliphatic rings. The number of fused-ring (bicyclic) bond motifs is 1. The van der Waals surface area contributed by atoms with E-state index in [-0.39, 0.29) is 5.75 Å². The standard InChI is InChI=1S/C28H26N2O/c1-2-26(29-16-7-6-12-21-10-4-3-5-11-21)23-14-8-13-22(18-23)25-19-24-15-9-17-30-28(24)27(31)20-25/h3-5,8-11,13-15,17-20,29,31H,1,6-7,12,16H2. The van der Waals surface area contributed by atoms with E-state index in [9.17, 15) is 5.11 Å². The highest BCUT2D eigenvalue weighted by atomic mass is 16.3. The first-order valence-electron chi connectivity index (χ1n) is 10.6. The Bertz CT molecular complexity index is 1220. The number of pyridine rings is 1. The lowest BCUT2D eigenvalue weighted by atomic mass is 9.99. The van der Waals surface area contributed by atoms with Gasteiger partial charge < -0.3 is 10.4 Å². The zero-order valence-corrected chi connectivity index (χ0v) is 17.5. The number of hydrogen-bond acceptors (Lipinski definition) is 3. The van der Waals surface area contributed by atoms with E-state index in [0.29, 0.717) is 5.52 Å². The number of nitrogens with zero attached hydrogens (tertiary/aromatic N) is 1. The maximum Gasteiger partial charge on any atom is 0.142 e. The molecule has 0 amide bonds. The summed E-state index contributed by atoms with van der Waals surface area (Å²) in [6.07, 6.45) is 4.98. The van der Waals surface area contributed by atoms with Gasteiger partial charge in [0.2, 0.25) is 0 Å². The minimum Gasteiger partial charge on any atom is -0.506 e. The summed E-state index contributed by atoms with van der Waals surface area (Å²) in [5.41, 5.74) is 8.94. The number of aromatic hydroxyl groups is 1. The smallest absolute Gasteiger partial charge is 0.142 e. The van der Waals surface area contributed by atoms with E-state index in [0.717, 1.165) is 53.6 Å². The minimum absolute atomic E-state index is 0.189. The SMILES string of the molecule is C=C=C(NCCCCc1ccccc1)c1cccc(-c2cc(O)c3ncccc3c2)c1. The normalized spacial score (nSPS) is 10.6. The first-order valence-corrected chi connectivity index (χ1v) is 10.6. The topological polar surface area (TPSA) is 45.1 Å². The van der Waals surface area contributed by atoms with E-state index < -0.39 is 0 Å². The molecule has 3 aromatic carbocycles. The van der Waals surface area contributed by atoms with Gasteiger partial charge in [0.15, 0.2) is 0 Å². The number of aromatic nitrogens is 1. The highest BCUT2D eigenvalue weighted by Gasteiger charge is 2.08. The summed E-state index contributed by atoms with van der Waals surface area (Å²) in [6.45, 7) is 4.74. The van der Waals surface area contributed by atoms with Crippen LogP contribution in [0.2, 0.25) is 0 Å². The third-order valence-electron chi connectivity index (χ3n) is 5.38. The van der Waals surface area contributed by atoms with Crippen LogP contribution in [0.4, 0.5) is 0 Å². The molecule has 0 unspecified atom stereocenters. The van der Waals surface area contributed by atoms with Crippen molar-refractivity contribution in [2.75, 3.05) is 6.54 Å². The molecule has 0 fully saturated rings. The zero-order valence-electron chi connectivity index (χ0n) is 17.5. The minimum atomic E-state index is 0.189. The van der Waals surface area contributed by atoms with E-state index in [1.807, 2.05) is 24.3 Å². The molecule has 0 atom stereocenters. The molecular formula is C28H26N2O. The monoisotopic (exact) mass is 406 g/mol. The van der Waals surface area contributed by atoms with Crippen LogP contribution in [0, 0.1) is 0 Å². The molecule has 0 aliphatic heterocycles. The van der Waals surface area contributed by atoms with Crippen molar-refractivity contribution in [1.29, 1.82) is 0 Å². The number of phenolic OH excluding ortho intramolecular Hbond substituents is 1. The maximum absolute atomic E-state index is 10.4. The van der Waals surface area contributed by atoms with Crippen molar-refractivity contribution in [2.45, 2.75) is 19.3 Å². The molecule has 4 rings (SSSR count). The third-order valence-corrected chi connectivity index (χ3v) is 5.38. The van der Waals surface area contributed by atoms with Crippen molar-refractivity contribution < 1.29 is 5.11 Å². The second-order valence-electron chi connectivity index (χ2n) is 7.57. The number of rotatable bonds is 8. The first-order chi connectivity index (χ1) is 15.2. The fourth-order valence-corrected chi connectivity index (χ4v) is 3.77. The van der Waals surface area contributed by atoms with Crippen LogP contribution in [0.25, 0.3) is 27.7 Å². The second kappa shape index (κ2) is 9.80. The largest absolute Gasteiger partial charge is 0.506 e. The molecular weight excluding hydrogens is 380 g/mol. The summed E-state index contributed by atoms with van der Waals surface area (Å²) >= 11 is 0. The highest BCUT2D eigenvalue weighted by Crippen LogP contribution is 2.31. The van der Waals surface area contributed by atoms with Crippen LogP contribution in [0.1, 0.15) is 24.0 Å². The summed E-state index contributed by atoms with van der Waals surface area (Å²) in [4.78, 5) is 4.26. The summed E-state index contributed by atoms with van der Waals surface area (Å²) in [5, 5.41) is 14.8. The van der Waals surface area contributed by atoms with E-state index in [2.05, 4.69) is 71.1 Å². The second-order valence-corrected chi connectivity index (χ2v) is 7.57. The predicted octanol–water partition coefficient (Wildman–Crippen LogP) is 6.35. The zero-order chi connectivity index (χ0) is 21.5. The molecule has 1 aromatic heterocycles. The average molecular weight is 407 g/mol. The van der Waals surface area contributed by atoms with Crippen molar-refractivity contribution in [2.24, 2.45) is 0 Å². The lowest BCUT2D eigenvalue weighted by molar-refractivity contribution is 0.480. The lowest BCUT2D eigenvalue weighted by Gasteiger charge is -2.12. The third kappa shape index (κ3) is 5.03. The van der Waals surface area contributed by atoms with Crippen molar-refractivity contribution >= 4 is 16.6 Å². The van der Waals surface area contributed by atoms with Crippen molar-refractivity contribution in [1.82, 2.24) is 10.3 Å². The first kappa shape index (κ1) is 20.5. The summed E-state index contributed by atoms with van der Waals surface area (Å²) in [5.74, 6) is 0.189. The summed E-state index contributed by atoms with van der Waals surface area (Å²) < 4.78 is 0. The molecule has 3 nitrogen and oxygen atoms in total. The predicted molar refractivity (Wildman–Crippen MR) is 129 cm³/mol. The van der Waals surface area contributed by atoms with Gasteiger partial charge in [-0.3, -0.25) is 4.98 Å². The number of benzene rings is 3. The lowest BCUT2D eigenvalue weighted by Crippen LogP contribution is -2.13. The Hall–Kier alpha value is -3.81. The van der Waals surface area contributed by atoms with Crippen LogP contribution in [-0.4, -0.2) is 16.6 Å². The quantitative estimate of drug-likeness (QED) is 0.265. The van der Waals surface area contributed by atoms with Gasteiger partial charge >= 0.3 is 0 Å². The molecule has 0 radical (unpaired) electrons. The Morgan fingerprint density at radius 2 is 1.77 bits per heavy atom. The number of nitrogens with one attached hydrogen (secondary N) is 1. The van der Waals surface area contributed by atoms with Crippen molar-refractivity contribution in [3.8, 4) is 16.9 Å². The molecule has 0 saturated heterocycles. The molecule has 31 heavy (non-hydrogen) atoms. The summed E-state index contributed by atoms with van der Waals surface area (Å²) in [6, 6.07) is 26.4. The van der Waals surface area contributed by atoms with Crippen LogP contribution in [-0.2, 0) is 6.42 Å². The molecule has 2 N–H and O–H groups in total. The molecule has 1 heterocycles. The molecule has 0 bridgehead atoms. The Morgan fingerprint density at radius 1 is 0.903 bits per heavy atom. The fourth-order valence-electron chi connectivity index (χ4n) is 3.77. The van der Waals surface area contributed by atoms with Crippen LogP contribution in [0.3, 0.4) is 0 Å². The highest BCUT2D eigenvalue weighted by molar-refractivity contribution is 5.89. The number of phenols is 1. The average Bonchev–Trinajstić information content (AvgIpc) is 2.82. The number of hydrogen-bond donors (Lipinski definition) is 2. The van der Waals surface area contributed by atoms with Gasteiger partial charge in [-0.05, 0) is 60.2 Å². The Balaban J connectivity index is 1.43.